The van der Waals surface area contributed by atoms with Crippen molar-refractivity contribution < 1.29 is 0 Å². The van der Waals surface area contributed by atoms with Crippen LogP contribution in [0.25, 0.3) is 0 Å². The molecule has 1 aromatic rings. The van der Waals surface area contributed by atoms with Crippen molar-refractivity contribution >= 4 is 0 Å². The van der Waals surface area contributed by atoms with Gasteiger partial charge in [0, 0.05) is 37.5 Å². The summed E-state index contributed by atoms with van der Waals surface area (Å²) in [6, 6.07) is 5.04. The maximum atomic E-state index is 4.27. The van der Waals surface area contributed by atoms with Gasteiger partial charge in [-0.3, -0.25) is 4.98 Å². The average Bonchev–Trinajstić information content (AvgIpc) is 2.04. The highest BCUT2D eigenvalue weighted by Gasteiger charge is 2.12. The summed E-state index contributed by atoms with van der Waals surface area (Å²) in [5, 5.41) is 0. The number of nitrogens with zero attached hydrogens (tertiary/aromatic N) is 2. The molecule has 0 amide bonds. The molecule has 2 rings (SSSR count). The highest BCUT2D eigenvalue weighted by atomic mass is 15.1. The first-order valence-corrected chi connectivity index (χ1v) is 3.88. The molecule has 1 aliphatic rings. The van der Waals surface area contributed by atoms with E-state index in [0.717, 1.165) is 19.5 Å². The van der Waals surface area contributed by atoms with E-state index in [1.165, 1.54) is 11.3 Å². The van der Waals surface area contributed by atoms with E-state index in [4.69, 9.17) is 0 Å². The molecule has 1 aliphatic heterocycles. The molecule has 1 radical (unpaired) electrons. The molecule has 11 heavy (non-hydrogen) atoms. The molecule has 57 valence electrons. The molecular weight excluding hydrogens is 136 g/mol. The van der Waals surface area contributed by atoms with Gasteiger partial charge in [0.05, 0.1) is 0 Å². The number of rotatable bonds is 0. The fourth-order valence-corrected chi connectivity index (χ4v) is 1.45. The monoisotopic (exact) mass is 147 g/mol. The summed E-state index contributed by atoms with van der Waals surface area (Å²) >= 11 is 0. The Morgan fingerprint density at radius 2 is 2.55 bits per heavy atom. The van der Waals surface area contributed by atoms with E-state index in [2.05, 4.69) is 23.0 Å². The van der Waals surface area contributed by atoms with Gasteiger partial charge in [0.2, 0.25) is 0 Å². The van der Waals surface area contributed by atoms with Crippen LogP contribution in [0.4, 0.5) is 0 Å². The number of fused-ring (bicyclic) bond motifs is 1. The number of hydrogen-bond donors (Lipinski definition) is 0. The van der Waals surface area contributed by atoms with Gasteiger partial charge in [-0.2, -0.15) is 0 Å². The minimum Gasteiger partial charge on any atom is -0.302 e. The molecule has 0 bridgehead atoms. The predicted molar refractivity (Wildman–Crippen MR) is 43.1 cm³/mol. The van der Waals surface area contributed by atoms with Gasteiger partial charge in [0.15, 0.2) is 0 Å². The maximum Gasteiger partial charge on any atom is 0.0461 e. The highest BCUT2D eigenvalue weighted by molar-refractivity contribution is 5.21. The van der Waals surface area contributed by atoms with Crippen molar-refractivity contribution in [1.29, 1.82) is 0 Å². The summed E-state index contributed by atoms with van der Waals surface area (Å²) in [7, 11) is 2.13. The second-order valence-electron chi connectivity index (χ2n) is 3.03. The molecule has 0 aromatic carbocycles. The van der Waals surface area contributed by atoms with Crippen molar-refractivity contribution in [3.8, 4) is 0 Å². The summed E-state index contributed by atoms with van der Waals surface area (Å²) < 4.78 is 0. The lowest BCUT2D eigenvalue weighted by Gasteiger charge is -2.23. The zero-order valence-corrected chi connectivity index (χ0v) is 6.67. The fraction of sp³-hybridized carbons (Fsp3) is 0.444. The van der Waals surface area contributed by atoms with Gasteiger partial charge in [-0.1, -0.05) is 0 Å². The minimum absolute atomic E-state index is 1.03. The second-order valence-corrected chi connectivity index (χ2v) is 3.03. The lowest BCUT2D eigenvalue weighted by atomic mass is 10.1. The van der Waals surface area contributed by atoms with E-state index in [9.17, 15) is 0 Å². The highest BCUT2D eigenvalue weighted by Crippen LogP contribution is 2.13. The number of likely N-dealkylation sites (N-methyl/N-ethyl adjacent to an activating group) is 1. The normalized spacial score (nSPS) is 17.9. The van der Waals surface area contributed by atoms with Crippen LogP contribution in [0.2, 0.25) is 0 Å². The molecule has 2 nitrogen and oxygen atoms in total. The van der Waals surface area contributed by atoms with E-state index in [-0.39, 0.29) is 0 Å². The van der Waals surface area contributed by atoms with Gasteiger partial charge in [-0.25, -0.2) is 0 Å². The van der Waals surface area contributed by atoms with Crippen LogP contribution in [0.1, 0.15) is 11.3 Å². The van der Waals surface area contributed by atoms with Crippen molar-refractivity contribution in [2.75, 3.05) is 13.6 Å². The Kier molecular flexibility index (Phi) is 1.62. The Morgan fingerprint density at radius 1 is 1.64 bits per heavy atom. The topological polar surface area (TPSA) is 16.1 Å². The zero-order chi connectivity index (χ0) is 7.68. The van der Waals surface area contributed by atoms with E-state index in [1.54, 1.807) is 6.20 Å². The van der Waals surface area contributed by atoms with Crippen LogP contribution in [-0.4, -0.2) is 23.5 Å². The summed E-state index contributed by atoms with van der Waals surface area (Å²) in [4.78, 5) is 6.57. The molecule has 1 aromatic heterocycles. The van der Waals surface area contributed by atoms with Gasteiger partial charge in [-0.05, 0) is 18.7 Å². The lowest BCUT2D eigenvalue weighted by Crippen LogP contribution is -2.27. The van der Waals surface area contributed by atoms with Gasteiger partial charge < -0.3 is 4.90 Å². The standard InChI is InChI=1S/C9H11N2/c1-11-6-4-9-8(7-11)3-2-5-10-9/h3,5H,4,6-7H2,1H3. The summed E-state index contributed by atoms with van der Waals surface area (Å²) in [6.45, 7) is 2.16. The van der Waals surface area contributed by atoms with Crippen molar-refractivity contribution in [3.05, 3.63) is 29.6 Å². The van der Waals surface area contributed by atoms with Crippen molar-refractivity contribution in [1.82, 2.24) is 9.88 Å². The number of pyridine rings is 1. The van der Waals surface area contributed by atoms with Crippen LogP contribution >= 0.6 is 0 Å². The Morgan fingerprint density at radius 3 is 3.45 bits per heavy atom. The van der Waals surface area contributed by atoms with Crippen molar-refractivity contribution in [2.24, 2.45) is 0 Å². The Balaban J connectivity index is 2.34. The van der Waals surface area contributed by atoms with Gasteiger partial charge in [-0.15, -0.1) is 0 Å². The van der Waals surface area contributed by atoms with Gasteiger partial charge in [0.1, 0.15) is 0 Å². The lowest BCUT2D eigenvalue weighted by molar-refractivity contribution is 0.310. The quantitative estimate of drug-likeness (QED) is 0.541. The largest absolute Gasteiger partial charge is 0.302 e. The van der Waals surface area contributed by atoms with Crippen LogP contribution in [0.5, 0.6) is 0 Å². The van der Waals surface area contributed by atoms with Gasteiger partial charge in [0.25, 0.3) is 0 Å². The summed E-state index contributed by atoms with van der Waals surface area (Å²) in [6.07, 6.45) is 2.84. The molecule has 0 unspecified atom stereocenters. The molecule has 2 heteroatoms. The Labute approximate surface area is 66.9 Å². The van der Waals surface area contributed by atoms with Crippen LogP contribution in [0.15, 0.2) is 12.3 Å². The second kappa shape index (κ2) is 2.62. The summed E-state index contributed by atoms with van der Waals surface area (Å²) in [5.41, 5.74) is 2.59. The first-order valence-electron chi connectivity index (χ1n) is 3.88. The van der Waals surface area contributed by atoms with E-state index < -0.39 is 0 Å². The first-order chi connectivity index (χ1) is 5.36. The Hall–Kier alpha value is -0.890. The van der Waals surface area contributed by atoms with Gasteiger partial charge >= 0.3 is 0 Å². The number of hydrogen-bond acceptors (Lipinski definition) is 2. The SMILES string of the molecule is CN1CCc2nc[c]cc2C1. The maximum absolute atomic E-state index is 4.27. The third-order valence-electron chi connectivity index (χ3n) is 2.09. The molecule has 2 heterocycles. The zero-order valence-electron chi connectivity index (χ0n) is 6.67. The minimum atomic E-state index is 1.03. The van der Waals surface area contributed by atoms with E-state index >= 15 is 0 Å². The molecule has 0 N–H and O–H groups in total. The molecule has 0 saturated heterocycles. The molecule has 0 fully saturated rings. The molecule has 0 atom stereocenters. The smallest absolute Gasteiger partial charge is 0.0461 e. The van der Waals surface area contributed by atoms with E-state index in [1.807, 2.05) is 6.07 Å². The van der Waals surface area contributed by atoms with Crippen molar-refractivity contribution in [2.45, 2.75) is 13.0 Å². The molecule has 0 spiro atoms. The molecule has 0 saturated carbocycles. The third kappa shape index (κ3) is 1.26. The third-order valence-corrected chi connectivity index (χ3v) is 2.09. The van der Waals surface area contributed by atoms with Crippen LogP contribution in [0.3, 0.4) is 0 Å². The van der Waals surface area contributed by atoms with Crippen molar-refractivity contribution in [3.63, 3.8) is 0 Å². The van der Waals surface area contributed by atoms with Crippen LogP contribution < -0.4 is 0 Å². The first kappa shape index (κ1) is 6.80. The predicted octanol–water partition coefficient (Wildman–Crippen LogP) is 0.870. The van der Waals surface area contributed by atoms with Crippen LogP contribution in [0, 0.1) is 6.07 Å². The number of aromatic nitrogens is 1. The molecular formula is C9H11N2. The van der Waals surface area contributed by atoms with Crippen LogP contribution in [-0.2, 0) is 13.0 Å². The molecule has 0 aliphatic carbocycles. The fourth-order valence-electron chi connectivity index (χ4n) is 1.45. The summed E-state index contributed by atoms with van der Waals surface area (Å²) in [5.74, 6) is 0. The van der Waals surface area contributed by atoms with E-state index in [0.29, 0.717) is 0 Å². The average molecular weight is 147 g/mol. The Bertz CT molecular complexity index is 257.